The number of thiazole rings is 1. The van der Waals surface area contributed by atoms with Crippen LogP contribution in [0.1, 0.15) is 16.8 Å². The number of nitrogens with zero attached hydrogens (tertiary/aromatic N) is 1. The quantitative estimate of drug-likeness (QED) is 0.625. The second-order valence-electron chi connectivity index (χ2n) is 4.07. The van der Waals surface area contributed by atoms with Crippen LogP contribution in [0.3, 0.4) is 0 Å². The third-order valence-electron chi connectivity index (χ3n) is 2.63. The van der Waals surface area contributed by atoms with Gasteiger partial charge >= 0.3 is 5.97 Å². The highest BCUT2D eigenvalue weighted by Crippen LogP contribution is 2.27. The Labute approximate surface area is 121 Å². The summed E-state index contributed by atoms with van der Waals surface area (Å²) >= 11 is 3.35. The van der Waals surface area contributed by atoms with Crippen LogP contribution in [0.15, 0.2) is 34.0 Å². The van der Waals surface area contributed by atoms with Gasteiger partial charge in [0.2, 0.25) is 0 Å². The zero-order valence-corrected chi connectivity index (χ0v) is 12.5. The van der Waals surface area contributed by atoms with Crippen molar-refractivity contribution < 1.29 is 9.53 Å². The van der Waals surface area contributed by atoms with Crippen LogP contribution in [0.4, 0.5) is 0 Å². The van der Waals surface area contributed by atoms with Gasteiger partial charge in [0, 0.05) is 16.8 Å². The maximum Gasteiger partial charge on any atom is 0.309 e. The highest BCUT2D eigenvalue weighted by atomic mass is 32.2. The highest BCUT2D eigenvalue weighted by Gasteiger charge is 2.09. The highest BCUT2D eigenvalue weighted by molar-refractivity contribution is 8.00. The van der Waals surface area contributed by atoms with Crippen LogP contribution >= 0.6 is 23.1 Å². The van der Waals surface area contributed by atoms with E-state index >= 15 is 0 Å². The summed E-state index contributed by atoms with van der Waals surface area (Å²) < 4.78 is 5.78. The number of esters is 1. The smallest absolute Gasteiger partial charge is 0.309 e. The molecule has 0 amide bonds. The van der Waals surface area contributed by atoms with Crippen molar-refractivity contribution in [2.45, 2.75) is 23.4 Å². The normalized spacial score (nSPS) is 10.4. The summed E-state index contributed by atoms with van der Waals surface area (Å²) in [5.74, 6) is 0.614. The van der Waals surface area contributed by atoms with Gasteiger partial charge < -0.3 is 4.74 Å². The molecule has 0 aliphatic rings. The Kier molecular flexibility index (Phi) is 4.99. The van der Waals surface area contributed by atoms with Crippen molar-refractivity contribution in [3.63, 3.8) is 0 Å². The molecule has 1 aromatic heterocycles. The van der Waals surface area contributed by atoms with Crippen LogP contribution in [0.2, 0.25) is 0 Å². The molecular weight excluding hydrogens is 278 g/mol. The molecule has 100 valence electrons. The van der Waals surface area contributed by atoms with Gasteiger partial charge in [-0.1, -0.05) is 36.0 Å². The fraction of sp³-hybridized carbons (Fsp3) is 0.286. The fourth-order valence-electron chi connectivity index (χ4n) is 1.64. The average molecular weight is 293 g/mol. The Morgan fingerprint density at radius 2 is 2.11 bits per heavy atom. The number of carbonyl (C=O) groups excluding carboxylic acids is 1. The van der Waals surface area contributed by atoms with Crippen molar-refractivity contribution in [1.82, 2.24) is 4.98 Å². The minimum Gasteiger partial charge on any atom is -0.469 e. The zero-order chi connectivity index (χ0) is 13.7. The van der Waals surface area contributed by atoms with Gasteiger partial charge in [-0.15, -0.1) is 11.3 Å². The number of ether oxygens (including phenoxy) is 1. The monoisotopic (exact) mass is 293 g/mol. The predicted octanol–water partition coefficient (Wildman–Crippen LogP) is 3.46. The van der Waals surface area contributed by atoms with E-state index in [0.29, 0.717) is 6.42 Å². The molecule has 3 nitrogen and oxygen atoms in total. The number of rotatable bonds is 5. The van der Waals surface area contributed by atoms with Crippen LogP contribution in [-0.2, 0) is 21.7 Å². The molecule has 2 aromatic rings. The number of aromatic nitrogens is 1. The van der Waals surface area contributed by atoms with E-state index in [1.165, 1.54) is 7.11 Å². The van der Waals surface area contributed by atoms with E-state index in [2.05, 4.69) is 4.98 Å². The number of benzene rings is 1. The van der Waals surface area contributed by atoms with Crippen molar-refractivity contribution >= 4 is 29.1 Å². The lowest BCUT2D eigenvalue weighted by Gasteiger charge is -2.07. The van der Waals surface area contributed by atoms with E-state index in [1.54, 1.807) is 23.1 Å². The Morgan fingerprint density at radius 3 is 2.74 bits per heavy atom. The van der Waals surface area contributed by atoms with Gasteiger partial charge in [-0.05, 0) is 18.1 Å². The third kappa shape index (κ3) is 4.08. The molecule has 5 heteroatoms. The van der Waals surface area contributed by atoms with Gasteiger partial charge in [0.15, 0.2) is 0 Å². The van der Waals surface area contributed by atoms with Crippen molar-refractivity contribution in [3.8, 4) is 0 Å². The summed E-state index contributed by atoms with van der Waals surface area (Å²) in [4.78, 5) is 15.8. The fourth-order valence-corrected chi connectivity index (χ4v) is 3.52. The molecule has 2 rings (SSSR count). The molecule has 0 spiro atoms. The molecule has 0 radical (unpaired) electrons. The van der Waals surface area contributed by atoms with Gasteiger partial charge in [-0.3, -0.25) is 4.79 Å². The first kappa shape index (κ1) is 14.1. The Morgan fingerprint density at radius 1 is 1.37 bits per heavy atom. The second-order valence-corrected chi connectivity index (χ2v) is 6.15. The summed E-state index contributed by atoms with van der Waals surface area (Å²) in [6, 6.07) is 7.95. The molecule has 0 fully saturated rings. The predicted molar refractivity (Wildman–Crippen MR) is 78.6 cm³/mol. The molecular formula is C14H15NO2S2. The standard InChI is InChI=1S/C14H15NO2S2/c1-10-8-18-14(15-10)19-9-12-6-4-3-5-11(12)7-13(16)17-2/h3-6,8H,7,9H2,1-2H3. The van der Waals surface area contributed by atoms with Gasteiger partial charge in [0.25, 0.3) is 0 Å². The van der Waals surface area contributed by atoms with Gasteiger partial charge in [0.05, 0.1) is 13.5 Å². The third-order valence-corrected chi connectivity index (χ3v) is 4.82. The van der Waals surface area contributed by atoms with Crippen molar-refractivity contribution in [1.29, 1.82) is 0 Å². The zero-order valence-electron chi connectivity index (χ0n) is 10.9. The number of hydrogen-bond donors (Lipinski definition) is 0. The summed E-state index contributed by atoms with van der Waals surface area (Å²) in [5.41, 5.74) is 3.23. The van der Waals surface area contributed by atoms with E-state index in [1.807, 2.05) is 36.6 Å². The second kappa shape index (κ2) is 6.73. The summed E-state index contributed by atoms with van der Waals surface area (Å²) in [5, 5.41) is 2.04. The molecule has 1 aromatic carbocycles. The van der Waals surface area contributed by atoms with Crippen LogP contribution in [0, 0.1) is 6.92 Å². The van der Waals surface area contributed by atoms with E-state index in [0.717, 1.165) is 26.9 Å². The summed E-state index contributed by atoms with van der Waals surface area (Å²) in [7, 11) is 1.41. The lowest BCUT2D eigenvalue weighted by Crippen LogP contribution is -2.06. The number of hydrogen-bond acceptors (Lipinski definition) is 5. The molecule has 0 saturated carbocycles. The van der Waals surface area contributed by atoms with Gasteiger partial charge in [-0.25, -0.2) is 4.98 Å². The van der Waals surface area contributed by atoms with Crippen LogP contribution in [0.5, 0.6) is 0 Å². The molecule has 0 saturated heterocycles. The minimum atomic E-state index is -0.206. The lowest BCUT2D eigenvalue weighted by molar-refractivity contribution is -0.139. The van der Waals surface area contributed by atoms with Crippen LogP contribution in [0.25, 0.3) is 0 Å². The van der Waals surface area contributed by atoms with Crippen LogP contribution < -0.4 is 0 Å². The first-order chi connectivity index (χ1) is 9.19. The van der Waals surface area contributed by atoms with E-state index in [4.69, 9.17) is 4.74 Å². The number of aryl methyl sites for hydroxylation is 1. The van der Waals surface area contributed by atoms with Gasteiger partial charge in [0.1, 0.15) is 4.34 Å². The Balaban J connectivity index is 2.05. The molecule has 19 heavy (non-hydrogen) atoms. The molecule has 0 aliphatic carbocycles. The lowest BCUT2D eigenvalue weighted by atomic mass is 10.1. The molecule has 0 N–H and O–H groups in total. The van der Waals surface area contributed by atoms with Crippen LogP contribution in [-0.4, -0.2) is 18.1 Å². The van der Waals surface area contributed by atoms with E-state index in [9.17, 15) is 4.79 Å². The summed E-state index contributed by atoms with van der Waals surface area (Å²) in [6.07, 6.45) is 0.324. The molecule has 0 aliphatic heterocycles. The largest absolute Gasteiger partial charge is 0.469 e. The average Bonchev–Trinajstić information content (AvgIpc) is 2.83. The Hall–Kier alpha value is -1.33. The molecule has 0 atom stereocenters. The molecule has 0 unspecified atom stereocenters. The molecule has 1 heterocycles. The van der Waals surface area contributed by atoms with E-state index in [-0.39, 0.29) is 5.97 Å². The van der Waals surface area contributed by atoms with E-state index < -0.39 is 0 Å². The first-order valence-corrected chi connectivity index (χ1v) is 7.74. The molecule has 0 bridgehead atoms. The van der Waals surface area contributed by atoms with Crippen molar-refractivity contribution in [2.75, 3.05) is 7.11 Å². The van der Waals surface area contributed by atoms with Crippen molar-refractivity contribution in [3.05, 3.63) is 46.5 Å². The Bertz CT molecular complexity index is 566. The maximum absolute atomic E-state index is 11.4. The summed E-state index contributed by atoms with van der Waals surface area (Å²) in [6.45, 7) is 1.99. The topological polar surface area (TPSA) is 39.2 Å². The minimum absolute atomic E-state index is 0.206. The number of methoxy groups -OCH3 is 1. The first-order valence-electron chi connectivity index (χ1n) is 5.87. The maximum atomic E-state index is 11.4. The number of thioether (sulfide) groups is 1. The van der Waals surface area contributed by atoms with Crippen molar-refractivity contribution in [2.24, 2.45) is 0 Å². The SMILES string of the molecule is COC(=O)Cc1ccccc1CSc1nc(C)cs1. The number of carbonyl (C=O) groups is 1. The van der Waals surface area contributed by atoms with Gasteiger partial charge in [-0.2, -0.15) is 0 Å².